The fraction of sp³-hybridized carbons (Fsp3) is 0.348. The summed E-state index contributed by atoms with van der Waals surface area (Å²) in [5, 5.41) is 24.1. The number of carbonyl (C=O) groups excluding carboxylic acids is 2. The lowest BCUT2D eigenvalue weighted by Crippen LogP contribution is -2.53. The number of hydrogen-bond acceptors (Lipinski definition) is 4. The molecule has 0 radical (unpaired) electrons. The first kappa shape index (κ1) is 22.9. The molecule has 0 saturated heterocycles. The second kappa shape index (κ2) is 11.0. The molecule has 0 aliphatic carbocycles. The molecule has 0 fully saturated rings. The van der Waals surface area contributed by atoms with Crippen LogP contribution in [0.15, 0.2) is 54.6 Å². The van der Waals surface area contributed by atoms with Gasteiger partial charge in [0.2, 0.25) is 11.8 Å². The van der Waals surface area contributed by atoms with Crippen molar-refractivity contribution in [3.8, 4) is 5.75 Å². The summed E-state index contributed by atoms with van der Waals surface area (Å²) in [6.45, 7) is 3.40. The topological polar surface area (TPSA) is 116 Å². The lowest BCUT2D eigenvalue weighted by molar-refractivity contribution is -0.143. The summed E-state index contributed by atoms with van der Waals surface area (Å²) in [6, 6.07) is 13.9. The van der Waals surface area contributed by atoms with Crippen molar-refractivity contribution >= 4 is 17.8 Å². The summed E-state index contributed by atoms with van der Waals surface area (Å²) in [4.78, 5) is 36.7. The van der Waals surface area contributed by atoms with Gasteiger partial charge in [-0.1, -0.05) is 56.3 Å². The molecule has 0 aliphatic heterocycles. The van der Waals surface area contributed by atoms with Crippen LogP contribution in [0.3, 0.4) is 0 Å². The zero-order valence-corrected chi connectivity index (χ0v) is 17.2. The van der Waals surface area contributed by atoms with E-state index in [9.17, 15) is 24.6 Å². The van der Waals surface area contributed by atoms with Crippen molar-refractivity contribution in [2.75, 3.05) is 0 Å². The molecular formula is C23H28N2O5. The predicted octanol–water partition coefficient (Wildman–Crippen LogP) is 2.28. The summed E-state index contributed by atoms with van der Waals surface area (Å²) in [5.41, 5.74) is 1.74. The minimum Gasteiger partial charge on any atom is -0.508 e. The second-order valence-corrected chi connectivity index (χ2v) is 7.54. The number of phenolic OH excluding ortho intramolecular Hbond substituents is 1. The Bertz CT molecular complexity index is 850. The molecule has 2 amide bonds. The Morgan fingerprint density at radius 1 is 0.900 bits per heavy atom. The Morgan fingerprint density at radius 2 is 1.53 bits per heavy atom. The van der Waals surface area contributed by atoms with E-state index in [1.54, 1.807) is 26.0 Å². The number of hydrogen-bond donors (Lipinski definition) is 4. The largest absolute Gasteiger partial charge is 0.508 e. The molecule has 0 spiro atoms. The Kier molecular flexibility index (Phi) is 8.41. The number of carboxylic acid groups (broad SMARTS) is 1. The SMILES string of the molecule is CC(C)[C@H](NC(=O)[C@H](Cc1ccc(O)cc1)NC(=O)CCc1ccccc1)C(=O)O. The number of amides is 2. The molecule has 0 bridgehead atoms. The van der Waals surface area contributed by atoms with E-state index in [2.05, 4.69) is 10.6 Å². The zero-order valence-electron chi connectivity index (χ0n) is 17.2. The van der Waals surface area contributed by atoms with Crippen LogP contribution in [0.25, 0.3) is 0 Å². The molecule has 160 valence electrons. The van der Waals surface area contributed by atoms with Gasteiger partial charge in [-0.25, -0.2) is 4.79 Å². The molecule has 0 heterocycles. The smallest absolute Gasteiger partial charge is 0.326 e. The predicted molar refractivity (Wildman–Crippen MR) is 113 cm³/mol. The highest BCUT2D eigenvalue weighted by atomic mass is 16.4. The average molecular weight is 412 g/mol. The van der Waals surface area contributed by atoms with Crippen LogP contribution in [-0.2, 0) is 27.2 Å². The van der Waals surface area contributed by atoms with E-state index in [0.717, 1.165) is 11.1 Å². The highest BCUT2D eigenvalue weighted by molar-refractivity contribution is 5.90. The number of aromatic hydroxyl groups is 1. The fourth-order valence-corrected chi connectivity index (χ4v) is 3.01. The molecule has 30 heavy (non-hydrogen) atoms. The second-order valence-electron chi connectivity index (χ2n) is 7.54. The van der Waals surface area contributed by atoms with Gasteiger partial charge >= 0.3 is 5.97 Å². The third kappa shape index (κ3) is 7.24. The summed E-state index contributed by atoms with van der Waals surface area (Å²) < 4.78 is 0. The fourth-order valence-electron chi connectivity index (χ4n) is 3.01. The summed E-state index contributed by atoms with van der Waals surface area (Å²) in [5.74, 6) is -2.20. The first-order chi connectivity index (χ1) is 14.3. The number of carbonyl (C=O) groups is 3. The maximum Gasteiger partial charge on any atom is 0.326 e. The first-order valence-corrected chi connectivity index (χ1v) is 9.90. The average Bonchev–Trinajstić information content (AvgIpc) is 2.71. The van der Waals surface area contributed by atoms with Gasteiger partial charge in [0.05, 0.1) is 0 Å². The van der Waals surface area contributed by atoms with E-state index >= 15 is 0 Å². The van der Waals surface area contributed by atoms with Gasteiger partial charge in [0.15, 0.2) is 0 Å². The molecular weight excluding hydrogens is 384 g/mol. The Morgan fingerprint density at radius 3 is 2.10 bits per heavy atom. The number of aliphatic carboxylic acids is 1. The number of carboxylic acids is 1. The van der Waals surface area contributed by atoms with E-state index in [0.29, 0.717) is 6.42 Å². The van der Waals surface area contributed by atoms with Crippen molar-refractivity contribution in [2.24, 2.45) is 5.92 Å². The van der Waals surface area contributed by atoms with Crippen molar-refractivity contribution in [1.29, 1.82) is 0 Å². The summed E-state index contributed by atoms with van der Waals surface area (Å²) >= 11 is 0. The molecule has 7 heteroatoms. The molecule has 4 N–H and O–H groups in total. The first-order valence-electron chi connectivity index (χ1n) is 9.90. The summed E-state index contributed by atoms with van der Waals surface area (Å²) in [6.07, 6.45) is 0.910. The number of rotatable bonds is 10. The van der Waals surface area contributed by atoms with E-state index < -0.39 is 24.0 Å². The zero-order chi connectivity index (χ0) is 22.1. The van der Waals surface area contributed by atoms with Crippen molar-refractivity contribution in [1.82, 2.24) is 10.6 Å². The number of nitrogens with one attached hydrogen (secondary N) is 2. The Labute approximate surface area is 176 Å². The molecule has 2 rings (SSSR count). The Hall–Kier alpha value is -3.35. The van der Waals surface area contributed by atoms with Gasteiger partial charge in [-0.3, -0.25) is 9.59 Å². The lowest BCUT2D eigenvalue weighted by Gasteiger charge is -2.23. The third-order valence-electron chi connectivity index (χ3n) is 4.74. The highest BCUT2D eigenvalue weighted by Crippen LogP contribution is 2.12. The number of aryl methyl sites for hydroxylation is 1. The van der Waals surface area contributed by atoms with Gasteiger partial charge < -0.3 is 20.8 Å². The standard InChI is InChI=1S/C23H28N2O5/c1-15(2)21(23(29)30)25-22(28)19(14-17-8-11-18(26)12-9-17)24-20(27)13-10-16-6-4-3-5-7-16/h3-9,11-12,15,19,21,26H,10,13-14H2,1-2H3,(H,24,27)(H,25,28)(H,29,30)/t19-,21-/m0/s1. The van der Waals surface area contributed by atoms with Crippen molar-refractivity contribution < 1.29 is 24.6 Å². The molecule has 7 nitrogen and oxygen atoms in total. The van der Waals surface area contributed by atoms with E-state index in [4.69, 9.17) is 0 Å². The monoisotopic (exact) mass is 412 g/mol. The minimum absolute atomic E-state index is 0.0948. The minimum atomic E-state index is -1.13. The van der Waals surface area contributed by atoms with Crippen molar-refractivity contribution in [3.05, 3.63) is 65.7 Å². The van der Waals surface area contributed by atoms with Gasteiger partial charge in [-0.15, -0.1) is 0 Å². The normalized spacial score (nSPS) is 12.8. The summed E-state index contributed by atoms with van der Waals surface area (Å²) in [7, 11) is 0. The molecule has 2 aromatic rings. The number of phenols is 1. The van der Waals surface area contributed by atoms with Gasteiger partial charge in [0.1, 0.15) is 17.8 Å². The van der Waals surface area contributed by atoms with E-state index in [1.165, 1.54) is 12.1 Å². The maximum absolute atomic E-state index is 12.8. The van der Waals surface area contributed by atoms with Gasteiger partial charge in [0.25, 0.3) is 0 Å². The van der Waals surface area contributed by atoms with Crippen LogP contribution < -0.4 is 10.6 Å². The quantitative estimate of drug-likeness (QED) is 0.478. The van der Waals surface area contributed by atoms with Crippen LogP contribution in [0.4, 0.5) is 0 Å². The van der Waals surface area contributed by atoms with Crippen LogP contribution in [0.1, 0.15) is 31.4 Å². The van der Waals surface area contributed by atoms with Crippen molar-refractivity contribution in [3.63, 3.8) is 0 Å². The van der Waals surface area contributed by atoms with Crippen LogP contribution in [0.5, 0.6) is 5.75 Å². The van der Waals surface area contributed by atoms with E-state index in [-0.39, 0.29) is 30.4 Å². The third-order valence-corrected chi connectivity index (χ3v) is 4.74. The highest BCUT2D eigenvalue weighted by Gasteiger charge is 2.28. The molecule has 0 aliphatic rings. The van der Waals surface area contributed by atoms with Crippen molar-refractivity contribution in [2.45, 2.75) is 45.2 Å². The van der Waals surface area contributed by atoms with Crippen LogP contribution >= 0.6 is 0 Å². The molecule has 0 aromatic heterocycles. The molecule has 0 unspecified atom stereocenters. The molecule has 2 aromatic carbocycles. The lowest BCUT2D eigenvalue weighted by atomic mass is 10.0. The van der Waals surface area contributed by atoms with Crippen LogP contribution in [0, 0.1) is 5.92 Å². The molecule has 0 saturated carbocycles. The number of benzene rings is 2. The van der Waals surface area contributed by atoms with E-state index in [1.807, 2.05) is 30.3 Å². The van der Waals surface area contributed by atoms with Gasteiger partial charge in [-0.2, -0.15) is 0 Å². The van der Waals surface area contributed by atoms with Crippen LogP contribution in [0.2, 0.25) is 0 Å². The Balaban J connectivity index is 2.09. The van der Waals surface area contributed by atoms with Crippen LogP contribution in [-0.4, -0.2) is 40.1 Å². The molecule has 2 atom stereocenters. The van der Waals surface area contributed by atoms with Gasteiger partial charge in [-0.05, 0) is 35.6 Å². The van der Waals surface area contributed by atoms with Gasteiger partial charge in [0, 0.05) is 12.8 Å². The maximum atomic E-state index is 12.8.